The molecule has 1 aliphatic rings. The first-order valence-electron chi connectivity index (χ1n) is 5.59. The van der Waals surface area contributed by atoms with Gasteiger partial charge >= 0.3 is 0 Å². The van der Waals surface area contributed by atoms with Crippen LogP contribution in [-0.2, 0) is 0 Å². The van der Waals surface area contributed by atoms with Crippen LogP contribution in [-0.4, -0.2) is 29.7 Å². The molecule has 0 saturated carbocycles. The van der Waals surface area contributed by atoms with Gasteiger partial charge in [0.05, 0.1) is 6.61 Å². The lowest BCUT2D eigenvalue weighted by atomic mass is 9.99. The van der Waals surface area contributed by atoms with E-state index in [1.165, 1.54) is 0 Å². The van der Waals surface area contributed by atoms with E-state index >= 15 is 0 Å². The van der Waals surface area contributed by atoms with Crippen LogP contribution in [0.4, 0.5) is 0 Å². The fraction of sp³-hybridized carbons (Fsp3) is 0.636. The highest BCUT2D eigenvalue weighted by Crippen LogP contribution is 2.16. The molecule has 1 fully saturated rings. The minimum atomic E-state index is 0.250. The monoisotopic (exact) mass is 241 g/mol. The number of halogens is 1. The van der Waals surface area contributed by atoms with Gasteiger partial charge in [-0.2, -0.15) is 4.98 Å². The lowest BCUT2D eigenvalue weighted by Gasteiger charge is -2.22. The van der Waals surface area contributed by atoms with Crippen LogP contribution in [0.2, 0.25) is 5.28 Å². The highest BCUT2D eigenvalue weighted by atomic mass is 35.5. The molecule has 1 aromatic rings. The summed E-state index contributed by atoms with van der Waals surface area (Å²) in [5.74, 6) is 1.20. The molecule has 16 heavy (non-hydrogen) atoms. The van der Waals surface area contributed by atoms with E-state index in [1.807, 2.05) is 13.0 Å². The summed E-state index contributed by atoms with van der Waals surface area (Å²) in [6.07, 6.45) is 2.33. The minimum absolute atomic E-state index is 0.250. The third-order valence-electron chi connectivity index (χ3n) is 2.73. The fourth-order valence-electron chi connectivity index (χ4n) is 1.83. The van der Waals surface area contributed by atoms with Crippen LogP contribution in [0.1, 0.15) is 18.5 Å². The maximum absolute atomic E-state index is 5.76. The van der Waals surface area contributed by atoms with Crippen molar-refractivity contribution in [3.05, 3.63) is 17.0 Å². The van der Waals surface area contributed by atoms with Crippen LogP contribution in [0.5, 0.6) is 5.88 Å². The van der Waals surface area contributed by atoms with Crippen LogP contribution < -0.4 is 10.1 Å². The summed E-state index contributed by atoms with van der Waals surface area (Å²) in [7, 11) is 0. The van der Waals surface area contributed by atoms with Gasteiger partial charge in [-0.25, -0.2) is 4.98 Å². The molecule has 2 heterocycles. The van der Waals surface area contributed by atoms with E-state index in [9.17, 15) is 0 Å². The van der Waals surface area contributed by atoms with Crippen molar-refractivity contribution in [2.75, 3.05) is 19.7 Å². The number of piperidine rings is 1. The molecule has 0 unspecified atom stereocenters. The van der Waals surface area contributed by atoms with Gasteiger partial charge in [-0.05, 0) is 50.4 Å². The van der Waals surface area contributed by atoms with Crippen molar-refractivity contribution in [1.29, 1.82) is 0 Å². The SMILES string of the molecule is Cc1cc(OCC2CCNCC2)nc(Cl)n1. The predicted molar refractivity (Wildman–Crippen MR) is 62.9 cm³/mol. The van der Waals surface area contributed by atoms with E-state index in [0.29, 0.717) is 18.4 Å². The average molecular weight is 242 g/mol. The van der Waals surface area contributed by atoms with Gasteiger partial charge in [0.1, 0.15) is 0 Å². The Labute approximate surface area is 100 Å². The highest BCUT2D eigenvalue weighted by molar-refractivity contribution is 6.28. The Morgan fingerprint density at radius 2 is 2.19 bits per heavy atom. The van der Waals surface area contributed by atoms with Crippen molar-refractivity contribution < 1.29 is 4.74 Å². The van der Waals surface area contributed by atoms with Crippen molar-refractivity contribution in [3.8, 4) is 5.88 Å². The van der Waals surface area contributed by atoms with Crippen molar-refractivity contribution in [1.82, 2.24) is 15.3 Å². The Morgan fingerprint density at radius 1 is 1.44 bits per heavy atom. The number of nitrogens with zero attached hydrogens (tertiary/aromatic N) is 2. The number of nitrogens with one attached hydrogen (secondary N) is 1. The van der Waals surface area contributed by atoms with Gasteiger partial charge in [0.2, 0.25) is 11.2 Å². The predicted octanol–water partition coefficient (Wildman–Crippen LogP) is 1.82. The molecule has 1 N–H and O–H groups in total. The van der Waals surface area contributed by atoms with Crippen LogP contribution in [0, 0.1) is 12.8 Å². The summed E-state index contributed by atoms with van der Waals surface area (Å²) in [5.41, 5.74) is 0.834. The molecule has 0 aromatic carbocycles. The van der Waals surface area contributed by atoms with Gasteiger partial charge in [0.15, 0.2) is 0 Å². The second-order valence-corrected chi connectivity index (χ2v) is 4.46. The Morgan fingerprint density at radius 3 is 2.88 bits per heavy atom. The summed E-state index contributed by atoms with van der Waals surface area (Å²) in [6, 6.07) is 1.81. The molecule has 4 nitrogen and oxygen atoms in total. The zero-order chi connectivity index (χ0) is 11.4. The zero-order valence-electron chi connectivity index (χ0n) is 9.37. The summed E-state index contributed by atoms with van der Waals surface area (Å²) < 4.78 is 5.64. The van der Waals surface area contributed by atoms with Crippen molar-refractivity contribution in [2.24, 2.45) is 5.92 Å². The number of hydrogen-bond acceptors (Lipinski definition) is 4. The van der Waals surface area contributed by atoms with E-state index < -0.39 is 0 Å². The number of aryl methyl sites for hydroxylation is 1. The summed E-state index contributed by atoms with van der Waals surface area (Å²) in [5, 5.41) is 3.58. The third kappa shape index (κ3) is 3.32. The first-order chi connectivity index (χ1) is 7.74. The number of ether oxygens (including phenoxy) is 1. The van der Waals surface area contributed by atoms with Gasteiger partial charge in [-0.15, -0.1) is 0 Å². The second-order valence-electron chi connectivity index (χ2n) is 4.12. The second kappa shape index (κ2) is 5.46. The maximum atomic E-state index is 5.76. The zero-order valence-corrected chi connectivity index (χ0v) is 10.1. The Balaban J connectivity index is 1.88. The molecule has 0 spiro atoms. The molecule has 1 aromatic heterocycles. The number of hydrogen-bond donors (Lipinski definition) is 1. The van der Waals surface area contributed by atoms with E-state index in [-0.39, 0.29) is 5.28 Å². The van der Waals surface area contributed by atoms with Crippen molar-refractivity contribution in [3.63, 3.8) is 0 Å². The molecular weight excluding hydrogens is 226 g/mol. The van der Waals surface area contributed by atoms with Gasteiger partial charge in [0, 0.05) is 11.8 Å². The standard InChI is InChI=1S/C11H16ClN3O/c1-8-6-10(15-11(12)14-8)16-7-9-2-4-13-5-3-9/h6,9,13H,2-5,7H2,1H3. The van der Waals surface area contributed by atoms with Crippen molar-refractivity contribution in [2.45, 2.75) is 19.8 Å². The molecule has 0 atom stereocenters. The van der Waals surface area contributed by atoms with Gasteiger partial charge in [0.25, 0.3) is 0 Å². The van der Waals surface area contributed by atoms with Gasteiger partial charge < -0.3 is 10.1 Å². The lowest BCUT2D eigenvalue weighted by Crippen LogP contribution is -2.30. The van der Waals surface area contributed by atoms with Crippen molar-refractivity contribution >= 4 is 11.6 Å². The highest BCUT2D eigenvalue weighted by Gasteiger charge is 2.14. The Hall–Kier alpha value is -0.870. The summed E-state index contributed by atoms with van der Waals surface area (Å²) >= 11 is 5.76. The quantitative estimate of drug-likeness (QED) is 0.820. The molecule has 88 valence electrons. The molecular formula is C11H16ClN3O. The molecule has 0 amide bonds. The Kier molecular flexibility index (Phi) is 3.96. The van der Waals surface area contributed by atoms with Crippen LogP contribution in [0.3, 0.4) is 0 Å². The van der Waals surface area contributed by atoms with E-state index in [0.717, 1.165) is 31.6 Å². The molecule has 1 saturated heterocycles. The average Bonchev–Trinajstić information content (AvgIpc) is 2.27. The van der Waals surface area contributed by atoms with Crippen LogP contribution >= 0.6 is 11.6 Å². The van der Waals surface area contributed by atoms with Gasteiger partial charge in [-0.3, -0.25) is 0 Å². The first kappa shape index (κ1) is 11.6. The van der Waals surface area contributed by atoms with E-state index in [4.69, 9.17) is 16.3 Å². The molecule has 2 rings (SSSR count). The lowest BCUT2D eigenvalue weighted by molar-refractivity contribution is 0.208. The number of aromatic nitrogens is 2. The summed E-state index contributed by atoms with van der Waals surface area (Å²) in [4.78, 5) is 8.03. The number of rotatable bonds is 3. The molecule has 1 aliphatic heterocycles. The Bertz CT molecular complexity index is 333. The minimum Gasteiger partial charge on any atom is -0.477 e. The normalized spacial score (nSPS) is 17.4. The molecule has 5 heteroatoms. The fourth-order valence-corrected chi connectivity index (χ4v) is 2.05. The largest absolute Gasteiger partial charge is 0.477 e. The summed E-state index contributed by atoms with van der Waals surface area (Å²) in [6.45, 7) is 4.76. The third-order valence-corrected chi connectivity index (χ3v) is 2.90. The first-order valence-corrected chi connectivity index (χ1v) is 5.96. The van der Waals surface area contributed by atoms with E-state index in [2.05, 4.69) is 15.3 Å². The van der Waals surface area contributed by atoms with Crippen LogP contribution in [0.15, 0.2) is 6.07 Å². The smallest absolute Gasteiger partial charge is 0.225 e. The maximum Gasteiger partial charge on any atom is 0.225 e. The topological polar surface area (TPSA) is 47.0 Å². The van der Waals surface area contributed by atoms with Crippen LogP contribution in [0.25, 0.3) is 0 Å². The van der Waals surface area contributed by atoms with E-state index in [1.54, 1.807) is 0 Å². The van der Waals surface area contributed by atoms with Gasteiger partial charge in [-0.1, -0.05) is 0 Å². The molecule has 0 bridgehead atoms. The molecule has 0 aliphatic carbocycles. The molecule has 0 radical (unpaired) electrons.